The standard InChI is InChI=1S/C22H26N2O3/c1-14-4-8-20(15(2)12-14)27-11-10-22(26)23-16(3)17-5-7-19-18(13-17)6-9-21(25)24-19/h4-5,7-8,12-13,16H,6,9-11H2,1-3H3,(H,23,26)(H,24,25). The van der Waals surface area contributed by atoms with Crippen LogP contribution in [0.5, 0.6) is 5.75 Å². The Morgan fingerprint density at radius 1 is 1.19 bits per heavy atom. The summed E-state index contributed by atoms with van der Waals surface area (Å²) in [5, 5.41) is 5.89. The first kappa shape index (κ1) is 19.0. The average Bonchev–Trinajstić information content (AvgIpc) is 2.63. The molecule has 2 aromatic carbocycles. The highest BCUT2D eigenvalue weighted by molar-refractivity contribution is 5.93. The minimum atomic E-state index is -0.0958. The van der Waals surface area contributed by atoms with Crippen LogP contribution in [0.1, 0.15) is 48.1 Å². The Morgan fingerprint density at radius 2 is 2.00 bits per heavy atom. The second-order valence-corrected chi connectivity index (χ2v) is 7.12. The molecule has 2 amide bonds. The van der Waals surface area contributed by atoms with Gasteiger partial charge >= 0.3 is 0 Å². The van der Waals surface area contributed by atoms with Crippen LogP contribution in [0.15, 0.2) is 36.4 Å². The molecule has 0 spiro atoms. The maximum absolute atomic E-state index is 12.2. The molecule has 0 aromatic heterocycles. The molecule has 2 N–H and O–H groups in total. The Kier molecular flexibility index (Phi) is 5.79. The number of carbonyl (C=O) groups excluding carboxylic acids is 2. The molecule has 142 valence electrons. The lowest BCUT2D eigenvalue weighted by atomic mass is 9.98. The Hall–Kier alpha value is -2.82. The largest absolute Gasteiger partial charge is 0.493 e. The van der Waals surface area contributed by atoms with E-state index in [1.807, 2.05) is 45.0 Å². The van der Waals surface area contributed by atoms with E-state index in [-0.39, 0.29) is 17.9 Å². The van der Waals surface area contributed by atoms with Gasteiger partial charge in [0.2, 0.25) is 11.8 Å². The average molecular weight is 366 g/mol. The lowest BCUT2D eigenvalue weighted by Gasteiger charge is -2.20. The summed E-state index contributed by atoms with van der Waals surface area (Å²) in [7, 11) is 0. The van der Waals surface area contributed by atoms with Crippen LogP contribution in [0, 0.1) is 13.8 Å². The SMILES string of the molecule is Cc1ccc(OCCC(=O)NC(C)c2ccc3c(c2)CCC(=O)N3)c(C)c1. The molecule has 1 aliphatic heterocycles. The number of hydrogen-bond donors (Lipinski definition) is 2. The first-order chi connectivity index (χ1) is 12.9. The fourth-order valence-electron chi connectivity index (χ4n) is 3.28. The van der Waals surface area contributed by atoms with E-state index < -0.39 is 0 Å². The van der Waals surface area contributed by atoms with Crippen LogP contribution in [0.4, 0.5) is 5.69 Å². The molecule has 0 saturated carbocycles. The first-order valence-corrected chi connectivity index (χ1v) is 9.34. The van der Waals surface area contributed by atoms with E-state index in [2.05, 4.69) is 22.8 Å². The fraction of sp³-hybridized carbons (Fsp3) is 0.364. The molecule has 0 radical (unpaired) electrons. The predicted octanol–water partition coefficient (Wildman–Crippen LogP) is 3.83. The van der Waals surface area contributed by atoms with Crippen molar-refractivity contribution in [2.45, 2.75) is 46.1 Å². The van der Waals surface area contributed by atoms with Crippen molar-refractivity contribution in [2.75, 3.05) is 11.9 Å². The smallest absolute Gasteiger partial charge is 0.224 e. The van der Waals surface area contributed by atoms with Crippen LogP contribution in [0.2, 0.25) is 0 Å². The summed E-state index contributed by atoms with van der Waals surface area (Å²) in [6.45, 7) is 6.36. The van der Waals surface area contributed by atoms with E-state index in [0.717, 1.165) is 34.5 Å². The van der Waals surface area contributed by atoms with Crippen molar-refractivity contribution in [3.8, 4) is 5.75 Å². The van der Waals surface area contributed by atoms with Gasteiger partial charge in [0.15, 0.2) is 0 Å². The van der Waals surface area contributed by atoms with Crippen molar-refractivity contribution in [3.63, 3.8) is 0 Å². The van der Waals surface area contributed by atoms with E-state index in [0.29, 0.717) is 19.4 Å². The molecule has 3 rings (SSSR count). The quantitative estimate of drug-likeness (QED) is 0.816. The van der Waals surface area contributed by atoms with Gasteiger partial charge in [0.1, 0.15) is 5.75 Å². The summed E-state index contributed by atoms with van der Waals surface area (Å²) in [6, 6.07) is 11.8. The highest BCUT2D eigenvalue weighted by Crippen LogP contribution is 2.26. The highest BCUT2D eigenvalue weighted by atomic mass is 16.5. The monoisotopic (exact) mass is 366 g/mol. The molecule has 5 heteroatoms. The molecule has 27 heavy (non-hydrogen) atoms. The summed E-state index contributed by atoms with van der Waals surface area (Å²) in [6.07, 6.45) is 1.55. The number of ether oxygens (including phenoxy) is 1. The third kappa shape index (κ3) is 4.88. The third-order valence-electron chi connectivity index (χ3n) is 4.82. The van der Waals surface area contributed by atoms with Gasteiger partial charge < -0.3 is 15.4 Å². The topological polar surface area (TPSA) is 67.4 Å². The third-order valence-corrected chi connectivity index (χ3v) is 4.82. The number of rotatable bonds is 6. The van der Waals surface area contributed by atoms with Gasteiger partial charge in [0, 0.05) is 12.1 Å². The van der Waals surface area contributed by atoms with E-state index in [1.54, 1.807) is 0 Å². The Balaban J connectivity index is 1.51. The van der Waals surface area contributed by atoms with Crippen LogP contribution in [0.25, 0.3) is 0 Å². The van der Waals surface area contributed by atoms with E-state index in [1.165, 1.54) is 5.56 Å². The lowest BCUT2D eigenvalue weighted by Crippen LogP contribution is -2.28. The fourth-order valence-corrected chi connectivity index (χ4v) is 3.28. The zero-order chi connectivity index (χ0) is 19.4. The van der Waals surface area contributed by atoms with E-state index in [9.17, 15) is 9.59 Å². The van der Waals surface area contributed by atoms with Crippen molar-refractivity contribution in [1.29, 1.82) is 0 Å². The van der Waals surface area contributed by atoms with Crippen LogP contribution >= 0.6 is 0 Å². The summed E-state index contributed by atoms with van der Waals surface area (Å²) in [4.78, 5) is 23.7. The minimum absolute atomic E-state index is 0.0433. The Labute approximate surface area is 160 Å². The summed E-state index contributed by atoms with van der Waals surface area (Å²) >= 11 is 0. The van der Waals surface area contributed by atoms with Crippen molar-refractivity contribution in [3.05, 3.63) is 58.7 Å². The molecule has 1 unspecified atom stereocenters. The summed E-state index contributed by atoms with van der Waals surface area (Å²) in [5.41, 5.74) is 5.29. The van der Waals surface area contributed by atoms with Gasteiger partial charge in [-0.15, -0.1) is 0 Å². The van der Waals surface area contributed by atoms with Crippen LogP contribution in [0.3, 0.4) is 0 Å². The molecule has 2 aromatic rings. The van der Waals surface area contributed by atoms with Gasteiger partial charge in [-0.2, -0.15) is 0 Å². The number of amides is 2. The summed E-state index contributed by atoms with van der Waals surface area (Å²) in [5.74, 6) is 0.830. The van der Waals surface area contributed by atoms with Crippen LogP contribution in [-0.2, 0) is 16.0 Å². The second kappa shape index (κ2) is 8.25. The normalized spacial score (nSPS) is 14.1. The maximum Gasteiger partial charge on any atom is 0.224 e. The van der Waals surface area contributed by atoms with Gasteiger partial charge in [-0.05, 0) is 56.0 Å². The molecule has 1 aliphatic rings. The van der Waals surface area contributed by atoms with Crippen molar-refractivity contribution in [1.82, 2.24) is 5.32 Å². The van der Waals surface area contributed by atoms with E-state index in [4.69, 9.17) is 4.74 Å². The number of fused-ring (bicyclic) bond motifs is 1. The number of anilines is 1. The maximum atomic E-state index is 12.2. The summed E-state index contributed by atoms with van der Waals surface area (Å²) < 4.78 is 5.73. The number of hydrogen-bond acceptors (Lipinski definition) is 3. The zero-order valence-corrected chi connectivity index (χ0v) is 16.1. The molecule has 0 saturated heterocycles. The number of carbonyl (C=O) groups is 2. The second-order valence-electron chi connectivity index (χ2n) is 7.12. The minimum Gasteiger partial charge on any atom is -0.493 e. The van der Waals surface area contributed by atoms with Gasteiger partial charge in [-0.25, -0.2) is 0 Å². The lowest BCUT2D eigenvalue weighted by molar-refractivity contribution is -0.122. The molecule has 5 nitrogen and oxygen atoms in total. The van der Waals surface area contributed by atoms with E-state index >= 15 is 0 Å². The van der Waals surface area contributed by atoms with Crippen molar-refractivity contribution < 1.29 is 14.3 Å². The zero-order valence-electron chi connectivity index (χ0n) is 16.1. The van der Waals surface area contributed by atoms with Crippen LogP contribution < -0.4 is 15.4 Å². The molecule has 1 heterocycles. The molecular weight excluding hydrogens is 340 g/mol. The van der Waals surface area contributed by atoms with Gasteiger partial charge in [-0.1, -0.05) is 29.8 Å². The number of nitrogens with one attached hydrogen (secondary N) is 2. The Morgan fingerprint density at radius 3 is 2.78 bits per heavy atom. The van der Waals surface area contributed by atoms with Crippen LogP contribution in [-0.4, -0.2) is 18.4 Å². The predicted molar refractivity (Wildman–Crippen MR) is 106 cm³/mol. The Bertz CT molecular complexity index is 861. The molecule has 0 fully saturated rings. The van der Waals surface area contributed by atoms with Gasteiger partial charge in [-0.3, -0.25) is 9.59 Å². The van der Waals surface area contributed by atoms with Crippen molar-refractivity contribution >= 4 is 17.5 Å². The molecule has 1 atom stereocenters. The molecule has 0 aliphatic carbocycles. The highest BCUT2D eigenvalue weighted by Gasteiger charge is 2.17. The number of benzene rings is 2. The molecule has 0 bridgehead atoms. The molecular formula is C22H26N2O3. The van der Waals surface area contributed by atoms with Gasteiger partial charge in [0.25, 0.3) is 0 Å². The number of aryl methyl sites for hydroxylation is 3. The van der Waals surface area contributed by atoms with Crippen molar-refractivity contribution in [2.24, 2.45) is 0 Å². The van der Waals surface area contributed by atoms with Gasteiger partial charge in [0.05, 0.1) is 19.1 Å². The first-order valence-electron chi connectivity index (χ1n) is 9.34.